The second kappa shape index (κ2) is 11.5. The lowest BCUT2D eigenvalue weighted by Crippen LogP contribution is -2.46. The SMILES string of the molecule is COc1ccccc1N1CCN(CCCn2cnc3c(cnc4ccccc43)c2=O)CC1.Cl.Cl. The molecule has 34 heavy (non-hydrogen) atoms. The van der Waals surface area contributed by atoms with Crippen molar-refractivity contribution in [2.24, 2.45) is 0 Å². The molecule has 1 aliphatic rings. The van der Waals surface area contributed by atoms with Crippen LogP contribution in [0.2, 0.25) is 0 Å². The van der Waals surface area contributed by atoms with Gasteiger partial charge < -0.3 is 9.64 Å². The Morgan fingerprint density at radius 1 is 0.882 bits per heavy atom. The van der Waals surface area contributed by atoms with Gasteiger partial charge >= 0.3 is 0 Å². The molecular formula is C25H29Cl2N5O2. The van der Waals surface area contributed by atoms with Gasteiger partial charge in [-0.05, 0) is 31.2 Å². The lowest BCUT2D eigenvalue weighted by molar-refractivity contribution is 0.249. The van der Waals surface area contributed by atoms with Gasteiger partial charge in [0.15, 0.2) is 0 Å². The van der Waals surface area contributed by atoms with Gasteiger partial charge in [-0.25, -0.2) is 4.98 Å². The first kappa shape index (κ1) is 25.7. The number of pyridine rings is 1. The predicted molar refractivity (Wildman–Crippen MR) is 142 cm³/mol. The molecule has 0 unspecified atom stereocenters. The molecule has 0 bridgehead atoms. The normalized spacial score (nSPS) is 14.0. The van der Waals surface area contributed by atoms with Crippen LogP contribution < -0.4 is 15.2 Å². The van der Waals surface area contributed by atoms with Gasteiger partial charge in [-0.2, -0.15) is 0 Å². The average molecular weight is 502 g/mol. The number of aryl methyl sites for hydroxylation is 1. The molecule has 2 aromatic carbocycles. The predicted octanol–water partition coefficient (Wildman–Crippen LogP) is 4.01. The second-order valence-corrected chi connectivity index (χ2v) is 8.13. The smallest absolute Gasteiger partial charge is 0.262 e. The van der Waals surface area contributed by atoms with Crippen LogP contribution in [0.15, 0.2) is 65.8 Å². The molecule has 3 heterocycles. The van der Waals surface area contributed by atoms with E-state index in [0.29, 0.717) is 11.9 Å². The fraction of sp³-hybridized carbons (Fsp3) is 0.320. The van der Waals surface area contributed by atoms with Crippen molar-refractivity contribution in [3.05, 3.63) is 71.4 Å². The number of nitrogens with zero attached hydrogens (tertiary/aromatic N) is 5. The van der Waals surface area contributed by atoms with Crippen molar-refractivity contribution in [1.29, 1.82) is 0 Å². The number of fused-ring (bicyclic) bond motifs is 3. The molecule has 5 rings (SSSR count). The van der Waals surface area contributed by atoms with Crippen molar-refractivity contribution < 1.29 is 4.74 Å². The third kappa shape index (κ3) is 5.12. The van der Waals surface area contributed by atoms with E-state index in [1.165, 1.54) is 0 Å². The number of benzene rings is 2. The highest BCUT2D eigenvalue weighted by molar-refractivity contribution is 6.02. The van der Waals surface area contributed by atoms with Crippen molar-refractivity contribution in [2.45, 2.75) is 13.0 Å². The summed E-state index contributed by atoms with van der Waals surface area (Å²) in [6, 6.07) is 16.0. The molecule has 0 spiro atoms. The molecule has 2 aromatic heterocycles. The largest absolute Gasteiger partial charge is 0.495 e. The van der Waals surface area contributed by atoms with Crippen LogP contribution in [-0.4, -0.2) is 59.3 Å². The Labute approximate surface area is 211 Å². The van der Waals surface area contributed by atoms with Gasteiger partial charge in [-0.3, -0.25) is 19.2 Å². The molecule has 1 fully saturated rings. The number of methoxy groups -OCH3 is 1. The van der Waals surface area contributed by atoms with Crippen LogP contribution in [0.4, 0.5) is 5.69 Å². The summed E-state index contributed by atoms with van der Waals surface area (Å²) in [5.41, 5.74) is 2.72. The van der Waals surface area contributed by atoms with Gasteiger partial charge in [0.2, 0.25) is 0 Å². The van der Waals surface area contributed by atoms with E-state index < -0.39 is 0 Å². The molecule has 180 valence electrons. The van der Waals surface area contributed by atoms with Crippen molar-refractivity contribution in [2.75, 3.05) is 44.7 Å². The first-order chi connectivity index (χ1) is 15.7. The molecule has 7 nitrogen and oxygen atoms in total. The molecule has 0 amide bonds. The van der Waals surface area contributed by atoms with Crippen molar-refractivity contribution in [3.63, 3.8) is 0 Å². The molecule has 0 radical (unpaired) electrons. The van der Waals surface area contributed by atoms with Crippen LogP contribution in [0.3, 0.4) is 0 Å². The van der Waals surface area contributed by atoms with Crippen LogP contribution in [-0.2, 0) is 6.54 Å². The highest BCUT2D eigenvalue weighted by Gasteiger charge is 2.19. The number of piperazine rings is 1. The summed E-state index contributed by atoms with van der Waals surface area (Å²) in [5, 5.41) is 1.50. The van der Waals surface area contributed by atoms with E-state index >= 15 is 0 Å². The molecule has 9 heteroatoms. The fourth-order valence-electron chi connectivity index (χ4n) is 4.48. The van der Waals surface area contributed by atoms with Gasteiger partial charge in [-0.1, -0.05) is 30.3 Å². The fourth-order valence-corrected chi connectivity index (χ4v) is 4.48. The Morgan fingerprint density at radius 2 is 1.62 bits per heavy atom. The van der Waals surface area contributed by atoms with Crippen LogP contribution in [0.25, 0.3) is 21.8 Å². The summed E-state index contributed by atoms with van der Waals surface area (Å²) in [5.74, 6) is 0.923. The first-order valence-corrected chi connectivity index (χ1v) is 11.1. The van der Waals surface area contributed by atoms with Gasteiger partial charge in [0, 0.05) is 44.3 Å². The topological polar surface area (TPSA) is 63.5 Å². The van der Waals surface area contributed by atoms with E-state index in [9.17, 15) is 4.79 Å². The zero-order valence-electron chi connectivity index (χ0n) is 19.1. The maximum atomic E-state index is 13.0. The Morgan fingerprint density at radius 3 is 2.41 bits per heavy atom. The molecular weight excluding hydrogens is 473 g/mol. The number of aromatic nitrogens is 3. The number of hydrogen-bond donors (Lipinski definition) is 0. The standard InChI is InChI=1S/C25H27N5O2.2ClH/c1-32-23-10-5-4-9-22(23)29-15-13-28(14-16-29)11-6-12-30-18-27-24-19-7-2-3-8-21(19)26-17-20(24)25(30)31;;/h2-5,7-10,17-18H,6,11-16H2,1H3;2*1H. The summed E-state index contributed by atoms with van der Waals surface area (Å²) in [7, 11) is 1.72. The number of para-hydroxylation sites is 3. The highest BCUT2D eigenvalue weighted by Crippen LogP contribution is 2.28. The minimum Gasteiger partial charge on any atom is -0.495 e. The summed E-state index contributed by atoms with van der Waals surface area (Å²) in [6.45, 7) is 5.55. The van der Waals surface area contributed by atoms with Gasteiger partial charge in [0.05, 0.1) is 35.5 Å². The van der Waals surface area contributed by atoms with Crippen molar-refractivity contribution >= 4 is 52.3 Å². The van der Waals surface area contributed by atoms with Crippen LogP contribution in [0, 0.1) is 0 Å². The first-order valence-electron chi connectivity index (χ1n) is 11.1. The van der Waals surface area contributed by atoms with E-state index in [1.807, 2.05) is 36.4 Å². The Kier molecular flexibility index (Phi) is 8.72. The Balaban J connectivity index is 0.00000162. The number of anilines is 1. The molecule has 0 saturated carbocycles. The summed E-state index contributed by atoms with van der Waals surface area (Å²) in [4.78, 5) is 26.8. The number of ether oxygens (including phenoxy) is 1. The van der Waals surface area contributed by atoms with Gasteiger partial charge in [-0.15, -0.1) is 24.8 Å². The Bertz CT molecular complexity index is 1310. The van der Waals surface area contributed by atoms with Crippen LogP contribution in [0.1, 0.15) is 6.42 Å². The maximum Gasteiger partial charge on any atom is 0.262 e. The zero-order valence-corrected chi connectivity index (χ0v) is 20.7. The molecule has 0 atom stereocenters. The molecule has 1 saturated heterocycles. The van der Waals surface area contributed by atoms with Gasteiger partial charge in [0.25, 0.3) is 5.56 Å². The molecule has 0 N–H and O–H groups in total. The Hall–Kier alpha value is -2.87. The monoisotopic (exact) mass is 501 g/mol. The van der Waals surface area contributed by atoms with Crippen LogP contribution >= 0.6 is 24.8 Å². The number of rotatable bonds is 6. The van der Waals surface area contributed by atoms with E-state index in [-0.39, 0.29) is 30.4 Å². The number of hydrogen-bond acceptors (Lipinski definition) is 6. The molecule has 0 aliphatic carbocycles. The van der Waals surface area contributed by atoms with Crippen molar-refractivity contribution in [3.8, 4) is 5.75 Å². The summed E-state index contributed by atoms with van der Waals surface area (Å²) < 4.78 is 7.22. The summed E-state index contributed by atoms with van der Waals surface area (Å²) >= 11 is 0. The van der Waals surface area contributed by atoms with Gasteiger partial charge in [0.1, 0.15) is 5.75 Å². The average Bonchev–Trinajstić information content (AvgIpc) is 2.85. The van der Waals surface area contributed by atoms with Crippen molar-refractivity contribution in [1.82, 2.24) is 19.4 Å². The van der Waals surface area contributed by atoms with E-state index in [4.69, 9.17) is 4.74 Å². The van der Waals surface area contributed by atoms with E-state index in [2.05, 4.69) is 31.9 Å². The molecule has 4 aromatic rings. The van der Waals surface area contributed by atoms with E-state index in [1.54, 1.807) is 24.2 Å². The second-order valence-electron chi connectivity index (χ2n) is 8.13. The van der Waals surface area contributed by atoms with Crippen LogP contribution in [0.5, 0.6) is 5.75 Å². The minimum absolute atomic E-state index is 0. The summed E-state index contributed by atoms with van der Waals surface area (Å²) in [6.07, 6.45) is 4.24. The highest BCUT2D eigenvalue weighted by atomic mass is 35.5. The quantitative estimate of drug-likeness (QED) is 0.372. The minimum atomic E-state index is -0.0192. The lowest BCUT2D eigenvalue weighted by atomic mass is 10.1. The third-order valence-corrected chi connectivity index (χ3v) is 6.24. The molecule has 1 aliphatic heterocycles. The number of halogens is 2. The lowest BCUT2D eigenvalue weighted by Gasteiger charge is -2.36. The maximum absolute atomic E-state index is 13.0. The zero-order chi connectivity index (χ0) is 21.9. The third-order valence-electron chi connectivity index (χ3n) is 6.24. The van der Waals surface area contributed by atoms with E-state index in [0.717, 1.165) is 67.0 Å².